The van der Waals surface area contributed by atoms with Crippen LogP contribution in [-0.4, -0.2) is 166 Å². The third-order valence-electron chi connectivity index (χ3n) is 18.9. The molecule has 0 aromatic carbocycles. The Morgan fingerprint density at radius 1 is 0.803 bits per heavy atom. The zero-order valence-electron chi connectivity index (χ0n) is 40.1. The number of rotatable bonds is 11. The largest absolute Gasteiger partial charge is 0.469 e. The normalized spacial score (nSPS) is 49.5. The highest BCUT2D eigenvalue weighted by atomic mass is 16.7. The minimum absolute atomic E-state index is 0.0131. The van der Waals surface area contributed by atoms with Gasteiger partial charge in [-0.2, -0.15) is 0 Å². The van der Waals surface area contributed by atoms with Crippen molar-refractivity contribution in [2.24, 2.45) is 56.2 Å². The summed E-state index contributed by atoms with van der Waals surface area (Å²) in [5.74, 6) is -1.73. The van der Waals surface area contributed by atoms with Gasteiger partial charge >= 0.3 is 11.9 Å². The van der Waals surface area contributed by atoms with E-state index >= 15 is 0 Å². The highest BCUT2D eigenvalue weighted by Gasteiger charge is 2.71. The number of carbonyl (C=O) groups is 3. The minimum atomic E-state index is -1.74. The molecule has 0 radical (unpaired) electrons. The number of esters is 2. The fraction of sp³-hybridized carbons (Fsp3) is 0.896. The van der Waals surface area contributed by atoms with Crippen LogP contribution in [0.15, 0.2) is 11.6 Å². The van der Waals surface area contributed by atoms with Gasteiger partial charge in [0.2, 0.25) is 5.91 Å². The minimum Gasteiger partial charge on any atom is -0.469 e. The molecular formula is C48H77NO17. The Kier molecular flexibility index (Phi) is 14.4. The first-order valence-corrected chi connectivity index (χ1v) is 23.9. The van der Waals surface area contributed by atoms with Crippen LogP contribution in [0.5, 0.6) is 0 Å². The van der Waals surface area contributed by atoms with Crippen molar-refractivity contribution in [3.05, 3.63) is 11.6 Å². The highest BCUT2D eigenvalue weighted by Crippen LogP contribution is 2.76. The van der Waals surface area contributed by atoms with Crippen LogP contribution in [0, 0.1) is 56.2 Å². The molecule has 0 aromatic heterocycles. The number of carbonyl (C=O) groups excluding carboxylic acids is 3. The fourth-order valence-corrected chi connectivity index (χ4v) is 14.7. The molecule has 4 saturated carbocycles. The Hall–Kier alpha value is -2.33. The lowest BCUT2D eigenvalue weighted by atomic mass is 9.33. The number of ether oxygens (including phenoxy) is 6. The van der Waals surface area contributed by atoms with Crippen molar-refractivity contribution < 1.29 is 83.7 Å². The quantitative estimate of drug-likeness (QED) is 0.0789. The van der Waals surface area contributed by atoms with Crippen LogP contribution in [0.25, 0.3) is 0 Å². The number of fused-ring (bicyclic) bond motifs is 7. The molecule has 7 rings (SSSR count). The van der Waals surface area contributed by atoms with Crippen molar-refractivity contribution in [3.63, 3.8) is 0 Å². The van der Waals surface area contributed by atoms with Crippen molar-refractivity contribution in [2.45, 2.75) is 180 Å². The van der Waals surface area contributed by atoms with Gasteiger partial charge in [0.1, 0.15) is 48.8 Å². The van der Waals surface area contributed by atoms with Gasteiger partial charge in [0.05, 0.1) is 57.1 Å². The second kappa shape index (κ2) is 18.4. The van der Waals surface area contributed by atoms with E-state index in [1.807, 2.05) is 27.7 Å². The number of hydrogen-bond acceptors (Lipinski definition) is 17. The first kappa shape index (κ1) is 51.5. The summed E-state index contributed by atoms with van der Waals surface area (Å²) >= 11 is 0. The van der Waals surface area contributed by atoms with Crippen LogP contribution in [0.4, 0.5) is 0 Å². The van der Waals surface area contributed by atoms with Gasteiger partial charge in [-0.1, -0.05) is 53.2 Å². The van der Waals surface area contributed by atoms with Crippen molar-refractivity contribution in [3.8, 4) is 0 Å². The second-order valence-electron chi connectivity index (χ2n) is 22.5. The molecule has 18 heteroatoms. The summed E-state index contributed by atoms with van der Waals surface area (Å²) in [5, 5.41) is 89.7. The Bertz CT molecular complexity index is 1850. The number of amides is 1. The zero-order chi connectivity index (χ0) is 48.7. The van der Waals surface area contributed by atoms with E-state index in [1.165, 1.54) is 14.2 Å². The lowest BCUT2D eigenvalue weighted by molar-refractivity contribution is -0.357. The van der Waals surface area contributed by atoms with E-state index in [9.17, 15) is 55.2 Å². The van der Waals surface area contributed by atoms with Crippen LogP contribution < -0.4 is 5.32 Å². The first-order chi connectivity index (χ1) is 30.9. The molecule has 0 bridgehead atoms. The Morgan fingerprint density at radius 2 is 1.47 bits per heavy atom. The summed E-state index contributed by atoms with van der Waals surface area (Å²) in [6.45, 7) is 12.9. The molecule has 0 unspecified atom stereocenters. The molecule has 2 aliphatic heterocycles. The molecule has 66 heavy (non-hydrogen) atoms. The number of aliphatic hydroxyl groups is 8. The molecule has 2 saturated heterocycles. The molecule has 2 heterocycles. The van der Waals surface area contributed by atoms with E-state index in [-0.39, 0.29) is 54.2 Å². The van der Waals surface area contributed by atoms with Gasteiger partial charge in [-0.15, -0.1) is 0 Å². The lowest BCUT2D eigenvalue weighted by Gasteiger charge is -2.72. The Morgan fingerprint density at radius 3 is 2.09 bits per heavy atom. The highest BCUT2D eigenvalue weighted by molar-refractivity contribution is 5.89. The van der Waals surface area contributed by atoms with Crippen LogP contribution >= 0.6 is 0 Å². The Labute approximate surface area is 387 Å². The number of aliphatic hydroxyl groups excluding tert-OH is 8. The van der Waals surface area contributed by atoms with E-state index < -0.39 is 113 Å². The smallest absolute Gasteiger partial charge is 0.328 e. The van der Waals surface area contributed by atoms with E-state index in [4.69, 9.17) is 28.4 Å². The summed E-state index contributed by atoms with van der Waals surface area (Å²) in [4.78, 5) is 41.2. The monoisotopic (exact) mass is 940 g/mol. The maximum atomic E-state index is 14.8. The van der Waals surface area contributed by atoms with Gasteiger partial charge in [0, 0.05) is 5.41 Å². The molecule has 5 aliphatic carbocycles. The lowest BCUT2D eigenvalue weighted by Crippen LogP contribution is -2.69. The van der Waals surface area contributed by atoms with E-state index in [0.717, 1.165) is 12.0 Å². The molecule has 21 atom stereocenters. The maximum absolute atomic E-state index is 14.8. The van der Waals surface area contributed by atoms with Gasteiger partial charge < -0.3 is 74.6 Å². The molecule has 9 N–H and O–H groups in total. The SMILES string of the molecule is COC(=O)[C@H](NC(=O)[C@]12CC[C@](C)(C(=O)OC)C[C@H]1C1=CC[C@@H]3[C@@]4(C)C[C@H](O)[C@H](O[C@@H]5OC[C@@H](O[C@@H]6O[C@H](CO)[C@@H](O)[C@H](O)[C@H]6O)[C@H](O)[C@H]5O)[C@@](C)(CO)[C@@H]4CC[C@@]3(C)[C@]1(C)CC2)C(C)C. The second-order valence-corrected chi connectivity index (χ2v) is 22.5. The first-order valence-electron chi connectivity index (χ1n) is 23.9. The zero-order valence-corrected chi connectivity index (χ0v) is 40.1. The topological polar surface area (TPSA) is 280 Å². The number of nitrogens with one attached hydrogen (secondary N) is 1. The van der Waals surface area contributed by atoms with Gasteiger partial charge in [0.15, 0.2) is 12.6 Å². The molecular weight excluding hydrogens is 863 g/mol. The van der Waals surface area contributed by atoms with Crippen LogP contribution in [0.1, 0.15) is 106 Å². The predicted molar refractivity (Wildman–Crippen MR) is 232 cm³/mol. The molecule has 18 nitrogen and oxygen atoms in total. The van der Waals surface area contributed by atoms with E-state index in [0.29, 0.717) is 51.4 Å². The standard InChI is InChI=1S/C48H77NO17/c1-23(2)31(38(58)61-8)49-41(59)48-16-14-43(3,42(60)62-9)18-25(48)24-10-11-30-44(4)19-26(52)37(45(5,22-51)29(44)12-13-47(30,7)46(24,6)15-17-48)66-39-35(56)33(54)28(21-63-39)65-40-36(57)34(55)32(53)27(20-50)64-40/h10,23,25-37,39-40,50-57H,11-22H2,1-9H3,(H,49,59)/t25-,26-,27+,28+,29+,30+,31+,32+,33-,34-,35+,36+,37-,39-,40-,43-,44-,45-,46+,47+,48-/m0/s1. The van der Waals surface area contributed by atoms with Crippen molar-refractivity contribution in [1.29, 1.82) is 0 Å². The number of hydrogen-bond donors (Lipinski definition) is 9. The van der Waals surface area contributed by atoms with E-state index in [2.05, 4.69) is 32.2 Å². The molecule has 7 aliphatic rings. The third kappa shape index (κ3) is 7.89. The molecule has 1 amide bonds. The number of allylic oxidation sites excluding steroid dienone is 2. The van der Waals surface area contributed by atoms with Gasteiger partial charge in [-0.05, 0) is 105 Å². The van der Waals surface area contributed by atoms with Gasteiger partial charge in [-0.25, -0.2) is 4.79 Å². The summed E-state index contributed by atoms with van der Waals surface area (Å²) in [5.41, 5.74) is -2.91. The van der Waals surface area contributed by atoms with Crippen molar-refractivity contribution >= 4 is 17.8 Å². The van der Waals surface area contributed by atoms with E-state index in [1.54, 1.807) is 0 Å². The van der Waals surface area contributed by atoms with Crippen LogP contribution in [-0.2, 0) is 42.8 Å². The van der Waals surface area contributed by atoms with Crippen molar-refractivity contribution in [1.82, 2.24) is 5.32 Å². The summed E-state index contributed by atoms with van der Waals surface area (Å²) in [6, 6.07) is -0.836. The van der Waals surface area contributed by atoms with Crippen LogP contribution in [0.3, 0.4) is 0 Å². The fourth-order valence-electron chi connectivity index (χ4n) is 14.7. The van der Waals surface area contributed by atoms with Gasteiger partial charge in [-0.3, -0.25) is 9.59 Å². The third-order valence-corrected chi connectivity index (χ3v) is 18.9. The summed E-state index contributed by atoms with van der Waals surface area (Å²) in [7, 11) is 2.71. The van der Waals surface area contributed by atoms with Crippen molar-refractivity contribution in [2.75, 3.05) is 34.0 Å². The predicted octanol–water partition coefficient (Wildman–Crippen LogP) is 0.847. The molecule has 0 spiro atoms. The molecule has 0 aromatic rings. The Balaban J connectivity index is 1.14. The molecule has 6 fully saturated rings. The summed E-state index contributed by atoms with van der Waals surface area (Å²) in [6.07, 6.45) is -9.03. The number of methoxy groups -OCH3 is 2. The maximum Gasteiger partial charge on any atom is 0.328 e. The summed E-state index contributed by atoms with van der Waals surface area (Å²) < 4.78 is 33.9. The van der Waals surface area contributed by atoms with Gasteiger partial charge in [0.25, 0.3) is 0 Å². The van der Waals surface area contributed by atoms with Crippen LogP contribution in [0.2, 0.25) is 0 Å². The molecule has 376 valence electrons. The average molecular weight is 940 g/mol. The average Bonchev–Trinajstić information content (AvgIpc) is 3.28.